The first-order chi connectivity index (χ1) is 9.08. The summed E-state index contributed by atoms with van der Waals surface area (Å²) in [6.07, 6.45) is 0. The van der Waals surface area contributed by atoms with Gasteiger partial charge in [0.2, 0.25) is 0 Å². The van der Waals surface area contributed by atoms with Gasteiger partial charge in [-0.15, -0.1) is 0 Å². The number of nitrogens with zero attached hydrogens (tertiary/aromatic N) is 1. The summed E-state index contributed by atoms with van der Waals surface area (Å²) in [5.41, 5.74) is 7.11. The predicted molar refractivity (Wildman–Crippen MR) is 76.3 cm³/mol. The molecule has 2 N–H and O–H groups in total. The van der Waals surface area contributed by atoms with Crippen LogP contribution in [-0.2, 0) is 0 Å². The minimum Gasteiger partial charge on any atom is -0.324 e. The van der Waals surface area contributed by atoms with E-state index in [1.807, 2.05) is 31.2 Å². The van der Waals surface area contributed by atoms with Crippen LogP contribution in [0, 0.1) is 10.1 Å². The highest BCUT2D eigenvalue weighted by Crippen LogP contribution is 2.33. The molecular weight excluding hydrogens is 260 g/mol. The minimum atomic E-state index is -0.398. The molecule has 1 atom stereocenters. The molecule has 0 aliphatic carbocycles. The summed E-state index contributed by atoms with van der Waals surface area (Å²) >= 11 is 1.56. The van der Waals surface area contributed by atoms with Crippen molar-refractivity contribution < 1.29 is 4.92 Å². The van der Waals surface area contributed by atoms with Crippen LogP contribution in [0.2, 0.25) is 0 Å². The van der Waals surface area contributed by atoms with Crippen LogP contribution in [0.15, 0.2) is 58.3 Å². The van der Waals surface area contributed by atoms with E-state index in [1.54, 1.807) is 23.9 Å². The maximum Gasteiger partial charge on any atom is 0.269 e. The van der Waals surface area contributed by atoms with Gasteiger partial charge >= 0.3 is 0 Å². The van der Waals surface area contributed by atoms with E-state index in [-0.39, 0.29) is 11.7 Å². The highest BCUT2D eigenvalue weighted by Gasteiger charge is 2.09. The van der Waals surface area contributed by atoms with E-state index in [4.69, 9.17) is 5.73 Å². The smallest absolute Gasteiger partial charge is 0.269 e. The van der Waals surface area contributed by atoms with Gasteiger partial charge in [-0.05, 0) is 30.7 Å². The molecule has 0 saturated heterocycles. The van der Waals surface area contributed by atoms with E-state index in [0.29, 0.717) is 0 Å². The number of non-ortho nitro benzene ring substituents is 1. The standard InChI is InChI=1S/C14H14N2O2S/c1-10(15)13-4-2-3-5-14(13)19-12-8-6-11(7-9-12)16(17)18/h2-10H,15H2,1H3/t10-/m0/s1. The average molecular weight is 274 g/mol. The second kappa shape index (κ2) is 5.86. The number of nitro benzene ring substituents is 1. The maximum absolute atomic E-state index is 10.6. The number of benzene rings is 2. The molecule has 0 fully saturated rings. The van der Waals surface area contributed by atoms with Crippen LogP contribution in [0.1, 0.15) is 18.5 Å². The summed E-state index contributed by atoms with van der Waals surface area (Å²) in [6.45, 7) is 1.94. The normalized spacial score (nSPS) is 12.1. The number of hydrogen-bond donors (Lipinski definition) is 1. The molecule has 0 spiro atoms. The molecule has 0 aromatic heterocycles. The molecule has 2 aromatic rings. The Hall–Kier alpha value is -1.85. The molecule has 0 unspecified atom stereocenters. The highest BCUT2D eigenvalue weighted by atomic mass is 32.2. The first-order valence-electron chi connectivity index (χ1n) is 5.85. The number of nitro groups is 1. The number of hydrogen-bond acceptors (Lipinski definition) is 4. The van der Waals surface area contributed by atoms with Crippen molar-refractivity contribution in [3.05, 3.63) is 64.2 Å². The lowest BCUT2D eigenvalue weighted by atomic mass is 10.1. The van der Waals surface area contributed by atoms with Crippen molar-refractivity contribution in [1.29, 1.82) is 0 Å². The quantitative estimate of drug-likeness (QED) is 0.680. The molecule has 0 saturated carbocycles. The number of nitrogens with two attached hydrogens (primary N) is 1. The fraction of sp³-hybridized carbons (Fsp3) is 0.143. The third-order valence-electron chi connectivity index (χ3n) is 2.68. The summed E-state index contributed by atoms with van der Waals surface area (Å²) in [7, 11) is 0. The van der Waals surface area contributed by atoms with Gasteiger partial charge in [0.05, 0.1) is 4.92 Å². The van der Waals surface area contributed by atoms with Crippen LogP contribution in [-0.4, -0.2) is 4.92 Å². The van der Waals surface area contributed by atoms with Gasteiger partial charge in [-0.2, -0.15) is 0 Å². The van der Waals surface area contributed by atoms with Crippen molar-refractivity contribution in [3.8, 4) is 0 Å². The molecule has 4 nitrogen and oxygen atoms in total. The Bertz CT molecular complexity index is 582. The molecule has 98 valence electrons. The maximum atomic E-state index is 10.6. The summed E-state index contributed by atoms with van der Waals surface area (Å²) < 4.78 is 0. The van der Waals surface area contributed by atoms with E-state index in [9.17, 15) is 10.1 Å². The minimum absolute atomic E-state index is 0.0400. The Morgan fingerprint density at radius 3 is 2.37 bits per heavy atom. The fourth-order valence-electron chi connectivity index (χ4n) is 1.71. The Kier molecular flexibility index (Phi) is 4.19. The zero-order valence-electron chi connectivity index (χ0n) is 10.4. The van der Waals surface area contributed by atoms with Gasteiger partial charge in [-0.3, -0.25) is 10.1 Å². The molecular formula is C14H14N2O2S. The van der Waals surface area contributed by atoms with Crippen LogP contribution in [0.5, 0.6) is 0 Å². The summed E-state index contributed by atoms with van der Waals surface area (Å²) in [4.78, 5) is 12.2. The fourth-order valence-corrected chi connectivity index (χ4v) is 2.76. The third kappa shape index (κ3) is 3.33. The first-order valence-corrected chi connectivity index (χ1v) is 6.66. The van der Waals surface area contributed by atoms with Crippen molar-refractivity contribution in [2.75, 3.05) is 0 Å². The molecule has 2 rings (SSSR count). The van der Waals surface area contributed by atoms with E-state index < -0.39 is 4.92 Å². The summed E-state index contributed by atoms with van der Waals surface area (Å²) in [5, 5.41) is 10.6. The molecule has 0 radical (unpaired) electrons. The Morgan fingerprint density at radius 2 is 1.79 bits per heavy atom. The topological polar surface area (TPSA) is 69.2 Å². The predicted octanol–water partition coefficient (Wildman–Crippen LogP) is 3.77. The zero-order chi connectivity index (χ0) is 13.8. The van der Waals surface area contributed by atoms with Gasteiger partial charge < -0.3 is 5.73 Å². The Labute approximate surface area is 115 Å². The third-order valence-corrected chi connectivity index (χ3v) is 3.78. The molecule has 2 aromatic carbocycles. The van der Waals surface area contributed by atoms with Crippen LogP contribution < -0.4 is 5.73 Å². The second-order valence-electron chi connectivity index (χ2n) is 4.18. The number of rotatable bonds is 4. The van der Waals surface area contributed by atoms with Crippen molar-refractivity contribution in [2.24, 2.45) is 5.73 Å². The zero-order valence-corrected chi connectivity index (χ0v) is 11.3. The van der Waals surface area contributed by atoms with E-state index in [1.165, 1.54) is 12.1 Å². The van der Waals surface area contributed by atoms with Crippen LogP contribution in [0.4, 0.5) is 5.69 Å². The molecule has 0 heterocycles. The van der Waals surface area contributed by atoms with Gasteiger partial charge in [0, 0.05) is 28.0 Å². The van der Waals surface area contributed by atoms with Gasteiger partial charge in [-0.25, -0.2) is 0 Å². The summed E-state index contributed by atoms with van der Waals surface area (Å²) in [6, 6.07) is 14.4. The van der Waals surface area contributed by atoms with E-state index in [2.05, 4.69) is 0 Å². The lowest BCUT2D eigenvalue weighted by Gasteiger charge is -2.11. The van der Waals surface area contributed by atoms with E-state index >= 15 is 0 Å². The van der Waals surface area contributed by atoms with Crippen molar-refractivity contribution in [2.45, 2.75) is 22.8 Å². The van der Waals surface area contributed by atoms with Crippen LogP contribution >= 0.6 is 11.8 Å². The first kappa shape index (κ1) is 13.6. The molecule has 5 heteroatoms. The molecule has 0 amide bonds. The van der Waals surface area contributed by atoms with Crippen LogP contribution in [0.25, 0.3) is 0 Å². The summed E-state index contributed by atoms with van der Waals surface area (Å²) in [5.74, 6) is 0. The van der Waals surface area contributed by atoms with Crippen LogP contribution in [0.3, 0.4) is 0 Å². The molecule has 0 bridgehead atoms. The van der Waals surface area contributed by atoms with Gasteiger partial charge in [0.1, 0.15) is 0 Å². The second-order valence-corrected chi connectivity index (χ2v) is 5.29. The lowest BCUT2D eigenvalue weighted by Crippen LogP contribution is -2.05. The highest BCUT2D eigenvalue weighted by molar-refractivity contribution is 7.99. The molecule has 0 aliphatic rings. The monoisotopic (exact) mass is 274 g/mol. The lowest BCUT2D eigenvalue weighted by molar-refractivity contribution is -0.384. The van der Waals surface area contributed by atoms with Crippen molar-refractivity contribution in [3.63, 3.8) is 0 Å². The van der Waals surface area contributed by atoms with Gasteiger partial charge in [0.25, 0.3) is 5.69 Å². The van der Waals surface area contributed by atoms with Crippen molar-refractivity contribution in [1.82, 2.24) is 0 Å². The molecule has 0 aliphatic heterocycles. The average Bonchev–Trinajstić information content (AvgIpc) is 2.39. The van der Waals surface area contributed by atoms with Gasteiger partial charge in [-0.1, -0.05) is 30.0 Å². The SMILES string of the molecule is C[C@H](N)c1ccccc1Sc1ccc([N+](=O)[O-])cc1. The van der Waals surface area contributed by atoms with Crippen molar-refractivity contribution >= 4 is 17.4 Å². The van der Waals surface area contributed by atoms with Gasteiger partial charge in [0.15, 0.2) is 0 Å². The van der Waals surface area contributed by atoms with E-state index in [0.717, 1.165) is 15.4 Å². The Balaban J connectivity index is 2.24. The largest absolute Gasteiger partial charge is 0.324 e. The Morgan fingerprint density at radius 1 is 1.16 bits per heavy atom. The molecule has 19 heavy (non-hydrogen) atoms.